The number of aryl methyl sites for hydroxylation is 2. The summed E-state index contributed by atoms with van der Waals surface area (Å²) in [6, 6.07) is 9.94. The molecular weight excluding hydrogens is 429 g/mol. The SMILES string of the molecule is CC(C)C(=O)CCc1ccc(C(=O)N2Cc3cnn(C)c3Cc3cc(Cl)ccc32)cc1F. The quantitative estimate of drug-likeness (QED) is 0.538. The summed E-state index contributed by atoms with van der Waals surface area (Å²) in [5, 5.41) is 4.92. The van der Waals surface area contributed by atoms with E-state index in [0.717, 1.165) is 22.5 Å². The van der Waals surface area contributed by atoms with Crippen molar-refractivity contribution >= 4 is 29.0 Å². The second kappa shape index (κ2) is 8.87. The second-order valence-corrected chi connectivity index (χ2v) is 8.94. The van der Waals surface area contributed by atoms with Gasteiger partial charge in [0.2, 0.25) is 0 Å². The van der Waals surface area contributed by atoms with Crippen LogP contribution in [0.5, 0.6) is 0 Å². The van der Waals surface area contributed by atoms with Crippen molar-refractivity contribution in [2.24, 2.45) is 13.0 Å². The molecule has 0 spiro atoms. The lowest BCUT2D eigenvalue weighted by Crippen LogP contribution is -2.30. The van der Waals surface area contributed by atoms with Crippen LogP contribution in [-0.4, -0.2) is 21.5 Å². The van der Waals surface area contributed by atoms with Crippen molar-refractivity contribution in [3.8, 4) is 0 Å². The van der Waals surface area contributed by atoms with Crippen molar-refractivity contribution in [2.75, 3.05) is 4.90 Å². The summed E-state index contributed by atoms with van der Waals surface area (Å²) in [4.78, 5) is 27.0. The molecule has 4 rings (SSSR count). The first-order valence-electron chi connectivity index (χ1n) is 10.7. The van der Waals surface area contributed by atoms with Crippen molar-refractivity contribution in [1.82, 2.24) is 9.78 Å². The van der Waals surface area contributed by atoms with Crippen molar-refractivity contribution in [1.29, 1.82) is 0 Å². The Hall–Kier alpha value is -2.99. The Labute approximate surface area is 191 Å². The predicted molar refractivity (Wildman–Crippen MR) is 123 cm³/mol. The summed E-state index contributed by atoms with van der Waals surface area (Å²) in [6.07, 6.45) is 2.97. The fourth-order valence-electron chi connectivity index (χ4n) is 4.03. The van der Waals surface area contributed by atoms with E-state index >= 15 is 0 Å². The molecule has 0 aliphatic carbocycles. The Bertz CT molecular complexity index is 1200. The standard InChI is InChI=1S/C25H25ClFN3O2/c1-15(2)24(31)9-6-16-4-5-17(11-21(16)27)25(32)30-14-19-13-28-29(3)23(19)12-18-10-20(26)7-8-22(18)30/h4-5,7-8,10-11,13,15H,6,9,12,14H2,1-3H3. The number of carbonyl (C=O) groups excluding carboxylic acids is 2. The zero-order valence-electron chi connectivity index (χ0n) is 18.4. The molecule has 166 valence electrons. The van der Waals surface area contributed by atoms with E-state index in [1.165, 1.54) is 6.07 Å². The number of fused-ring (bicyclic) bond motifs is 2. The summed E-state index contributed by atoms with van der Waals surface area (Å²) < 4.78 is 16.6. The molecule has 1 aliphatic rings. The van der Waals surface area contributed by atoms with Gasteiger partial charge in [-0.3, -0.25) is 14.3 Å². The van der Waals surface area contributed by atoms with Crippen molar-refractivity contribution in [3.05, 3.63) is 81.4 Å². The third-order valence-corrected chi connectivity index (χ3v) is 6.23. The van der Waals surface area contributed by atoms with Gasteiger partial charge in [0.15, 0.2) is 0 Å². The van der Waals surface area contributed by atoms with Crippen LogP contribution < -0.4 is 4.90 Å². The molecule has 5 nitrogen and oxygen atoms in total. The largest absolute Gasteiger partial charge is 0.304 e. The molecular formula is C25H25ClFN3O2. The number of Topliss-reactive ketones (excluding diaryl/α,β-unsaturated/α-hetero) is 1. The minimum absolute atomic E-state index is 0.0760. The summed E-state index contributed by atoms with van der Waals surface area (Å²) >= 11 is 6.23. The molecule has 1 aromatic heterocycles. The third-order valence-electron chi connectivity index (χ3n) is 6.00. The molecule has 0 saturated heterocycles. The van der Waals surface area contributed by atoms with E-state index in [9.17, 15) is 14.0 Å². The van der Waals surface area contributed by atoms with Gasteiger partial charge >= 0.3 is 0 Å². The van der Waals surface area contributed by atoms with Gasteiger partial charge < -0.3 is 4.90 Å². The monoisotopic (exact) mass is 453 g/mol. The zero-order valence-corrected chi connectivity index (χ0v) is 19.1. The predicted octanol–water partition coefficient (Wildman–Crippen LogP) is 5.12. The lowest BCUT2D eigenvalue weighted by atomic mass is 9.99. The van der Waals surface area contributed by atoms with Crippen molar-refractivity contribution < 1.29 is 14.0 Å². The molecule has 0 fully saturated rings. The van der Waals surface area contributed by atoms with Gasteiger partial charge in [-0.25, -0.2) is 4.39 Å². The topological polar surface area (TPSA) is 55.2 Å². The number of aromatic nitrogens is 2. The number of anilines is 1. The molecule has 0 radical (unpaired) electrons. The Morgan fingerprint density at radius 3 is 2.66 bits per heavy atom. The van der Waals surface area contributed by atoms with E-state index in [2.05, 4.69) is 5.10 Å². The van der Waals surface area contributed by atoms with Gasteiger partial charge in [0, 0.05) is 53.3 Å². The third kappa shape index (κ3) is 4.32. The van der Waals surface area contributed by atoms with Gasteiger partial charge in [0.25, 0.3) is 5.91 Å². The first-order valence-corrected chi connectivity index (χ1v) is 11.0. The highest BCUT2D eigenvalue weighted by atomic mass is 35.5. The van der Waals surface area contributed by atoms with Gasteiger partial charge in [-0.05, 0) is 47.9 Å². The molecule has 0 saturated carbocycles. The maximum absolute atomic E-state index is 14.8. The second-order valence-electron chi connectivity index (χ2n) is 8.51. The highest BCUT2D eigenvalue weighted by Crippen LogP contribution is 2.33. The number of nitrogens with zero attached hydrogens (tertiary/aromatic N) is 3. The molecule has 2 aromatic carbocycles. The summed E-state index contributed by atoms with van der Waals surface area (Å²) in [5.74, 6) is -0.751. The number of hydrogen-bond donors (Lipinski definition) is 0. The van der Waals surface area contributed by atoms with E-state index in [4.69, 9.17) is 11.6 Å². The number of carbonyl (C=O) groups is 2. The number of hydrogen-bond acceptors (Lipinski definition) is 3. The lowest BCUT2D eigenvalue weighted by molar-refractivity contribution is -0.121. The molecule has 1 amide bonds. The maximum atomic E-state index is 14.8. The van der Waals surface area contributed by atoms with Crippen LogP contribution in [0.2, 0.25) is 5.02 Å². The van der Waals surface area contributed by atoms with Gasteiger partial charge in [0.1, 0.15) is 11.6 Å². The van der Waals surface area contributed by atoms with Crippen LogP contribution in [-0.2, 0) is 31.2 Å². The Kier molecular flexibility index (Phi) is 6.15. The van der Waals surface area contributed by atoms with E-state index < -0.39 is 5.82 Å². The minimum Gasteiger partial charge on any atom is -0.304 e. The van der Waals surface area contributed by atoms with Crippen molar-refractivity contribution in [2.45, 2.75) is 39.7 Å². The van der Waals surface area contributed by atoms with E-state index in [1.807, 2.05) is 33.0 Å². The average molecular weight is 454 g/mol. The van der Waals surface area contributed by atoms with Crippen LogP contribution in [0, 0.1) is 11.7 Å². The molecule has 0 N–H and O–H groups in total. The highest BCUT2D eigenvalue weighted by molar-refractivity contribution is 6.30. The first-order chi connectivity index (χ1) is 15.2. The average Bonchev–Trinajstić information content (AvgIpc) is 3.00. The Morgan fingerprint density at radius 2 is 1.94 bits per heavy atom. The molecule has 1 aliphatic heterocycles. The number of halogens is 2. The molecule has 3 aromatic rings. The molecule has 32 heavy (non-hydrogen) atoms. The van der Waals surface area contributed by atoms with Gasteiger partial charge in [-0.1, -0.05) is 31.5 Å². The minimum atomic E-state index is -0.472. The van der Waals surface area contributed by atoms with E-state index in [1.54, 1.807) is 34.0 Å². The van der Waals surface area contributed by atoms with E-state index in [-0.39, 0.29) is 29.6 Å². The van der Waals surface area contributed by atoms with Crippen LogP contribution in [0.15, 0.2) is 42.6 Å². The number of amides is 1. The van der Waals surface area contributed by atoms with Crippen molar-refractivity contribution in [3.63, 3.8) is 0 Å². The fraction of sp³-hybridized carbons (Fsp3) is 0.320. The Morgan fingerprint density at radius 1 is 1.16 bits per heavy atom. The van der Waals surface area contributed by atoms with Gasteiger partial charge in [0.05, 0.1) is 12.7 Å². The Balaban J connectivity index is 1.65. The number of benzene rings is 2. The molecule has 7 heteroatoms. The molecule has 2 heterocycles. The highest BCUT2D eigenvalue weighted by Gasteiger charge is 2.27. The first kappa shape index (κ1) is 22.2. The molecule has 0 unspecified atom stereocenters. The smallest absolute Gasteiger partial charge is 0.258 e. The fourth-order valence-corrected chi connectivity index (χ4v) is 4.22. The van der Waals surface area contributed by atoms with Crippen LogP contribution in [0.4, 0.5) is 10.1 Å². The lowest BCUT2D eigenvalue weighted by Gasteiger charge is -2.23. The van der Waals surface area contributed by atoms with E-state index in [0.29, 0.717) is 30.0 Å². The van der Waals surface area contributed by atoms with Gasteiger partial charge in [-0.2, -0.15) is 5.10 Å². The zero-order chi connectivity index (χ0) is 23.0. The van der Waals surface area contributed by atoms with Crippen LogP contribution in [0.3, 0.4) is 0 Å². The molecule has 0 bridgehead atoms. The van der Waals surface area contributed by atoms with Crippen LogP contribution in [0.25, 0.3) is 0 Å². The summed E-state index contributed by atoms with van der Waals surface area (Å²) in [6.45, 7) is 4.00. The summed E-state index contributed by atoms with van der Waals surface area (Å²) in [7, 11) is 1.87. The number of ketones is 1. The maximum Gasteiger partial charge on any atom is 0.258 e. The van der Waals surface area contributed by atoms with Crippen LogP contribution in [0.1, 0.15) is 53.0 Å². The number of rotatable bonds is 5. The van der Waals surface area contributed by atoms with Crippen LogP contribution >= 0.6 is 11.6 Å². The molecule has 0 atom stereocenters. The van der Waals surface area contributed by atoms with Gasteiger partial charge in [-0.15, -0.1) is 0 Å². The summed E-state index contributed by atoms with van der Waals surface area (Å²) in [5.41, 5.74) is 4.32. The normalized spacial score (nSPS) is 13.0.